The Kier molecular flexibility index (Phi) is 8.41. The first kappa shape index (κ1) is 26.6. The van der Waals surface area contributed by atoms with Gasteiger partial charge in [0.25, 0.3) is 11.1 Å². The molecule has 1 aliphatic heterocycles. The molecular formula is C28H26ClNO6S. The van der Waals surface area contributed by atoms with E-state index in [1.165, 1.54) is 6.92 Å². The van der Waals surface area contributed by atoms with Crippen LogP contribution in [-0.2, 0) is 20.9 Å². The maximum atomic E-state index is 12.9. The van der Waals surface area contributed by atoms with E-state index < -0.39 is 23.2 Å². The van der Waals surface area contributed by atoms with E-state index >= 15 is 0 Å². The molecule has 3 aromatic rings. The number of benzene rings is 3. The number of hydrogen-bond acceptors (Lipinski definition) is 7. The molecule has 0 saturated carbocycles. The second kappa shape index (κ2) is 11.7. The molecule has 0 N–H and O–H groups in total. The van der Waals surface area contributed by atoms with Crippen LogP contribution in [0.4, 0.5) is 4.79 Å². The first-order chi connectivity index (χ1) is 17.8. The molecule has 1 atom stereocenters. The summed E-state index contributed by atoms with van der Waals surface area (Å²) in [6.45, 7) is 5.78. The Morgan fingerprint density at radius 1 is 1.03 bits per heavy atom. The van der Waals surface area contributed by atoms with E-state index in [2.05, 4.69) is 12.1 Å². The van der Waals surface area contributed by atoms with Crippen molar-refractivity contribution in [3.63, 3.8) is 0 Å². The summed E-state index contributed by atoms with van der Waals surface area (Å²) < 4.78 is 16.8. The fourth-order valence-electron chi connectivity index (χ4n) is 3.89. The molecule has 0 aromatic heterocycles. The number of fused-ring (bicyclic) bond motifs is 1. The van der Waals surface area contributed by atoms with Crippen molar-refractivity contribution in [2.75, 3.05) is 13.2 Å². The normalized spacial score (nSPS) is 15.4. The van der Waals surface area contributed by atoms with Crippen LogP contribution >= 0.6 is 23.4 Å². The summed E-state index contributed by atoms with van der Waals surface area (Å²) in [7, 11) is 0. The number of thioether (sulfide) groups is 1. The van der Waals surface area contributed by atoms with Gasteiger partial charge in [-0.25, -0.2) is 4.79 Å². The van der Waals surface area contributed by atoms with Crippen LogP contribution in [0.1, 0.15) is 31.9 Å². The van der Waals surface area contributed by atoms with Crippen LogP contribution in [0.3, 0.4) is 0 Å². The van der Waals surface area contributed by atoms with Gasteiger partial charge in [-0.15, -0.1) is 0 Å². The number of carbonyl (C=O) groups excluding carboxylic acids is 3. The monoisotopic (exact) mass is 539 g/mol. The molecule has 0 bridgehead atoms. The summed E-state index contributed by atoms with van der Waals surface area (Å²) in [6, 6.07) is 16.5. The number of rotatable bonds is 9. The minimum Gasteiger partial charge on any atom is -0.490 e. The lowest BCUT2D eigenvalue weighted by Crippen LogP contribution is -2.42. The highest BCUT2D eigenvalue weighted by molar-refractivity contribution is 8.18. The summed E-state index contributed by atoms with van der Waals surface area (Å²) in [5.74, 6) is -0.402. The fraction of sp³-hybridized carbons (Fsp3) is 0.250. The van der Waals surface area contributed by atoms with Gasteiger partial charge in [0, 0.05) is 0 Å². The van der Waals surface area contributed by atoms with E-state index in [9.17, 15) is 14.4 Å². The molecule has 37 heavy (non-hydrogen) atoms. The van der Waals surface area contributed by atoms with Crippen molar-refractivity contribution in [1.29, 1.82) is 0 Å². The summed E-state index contributed by atoms with van der Waals surface area (Å²) in [5.41, 5.74) is 1.53. The Morgan fingerprint density at radius 3 is 2.51 bits per heavy atom. The Balaban J connectivity index is 1.56. The highest BCUT2D eigenvalue weighted by atomic mass is 35.5. The van der Waals surface area contributed by atoms with Crippen LogP contribution in [0.15, 0.2) is 59.5 Å². The van der Waals surface area contributed by atoms with Gasteiger partial charge in [-0.3, -0.25) is 14.5 Å². The van der Waals surface area contributed by atoms with E-state index in [1.807, 2.05) is 37.3 Å². The van der Waals surface area contributed by atoms with E-state index in [-0.39, 0.29) is 18.1 Å². The first-order valence-corrected chi connectivity index (χ1v) is 13.0. The molecule has 192 valence electrons. The number of nitrogens with zero attached hydrogens (tertiary/aromatic N) is 1. The third-order valence-corrected chi connectivity index (χ3v) is 6.83. The Hall–Kier alpha value is -3.49. The Labute approximate surface area is 224 Å². The number of halogens is 1. The standard InChI is InChI=1S/C28H26ClNO6S/c1-4-34-23-14-19(15-24-26(31)30(28(33)37-24)17(3)27(32)35-5-2)13-22(29)25(23)36-16-18-10-11-20-8-6-7-9-21(20)12-18/h6-15,17H,4-5,16H2,1-3H3/b24-15+/t17-/m0/s1. The van der Waals surface area contributed by atoms with Crippen LogP contribution in [-0.4, -0.2) is 41.3 Å². The molecule has 1 heterocycles. The van der Waals surface area contributed by atoms with Gasteiger partial charge < -0.3 is 14.2 Å². The lowest BCUT2D eigenvalue weighted by Gasteiger charge is -2.19. The number of esters is 1. The average Bonchev–Trinajstić information content (AvgIpc) is 3.15. The molecule has 9 heteroatoms. The quantitative estimate of drug-likeness (QED) is 0.228. The van der Waals surface area contributed by atoms with Crippen LogP contribution < -0.4 is 9.47 Å². The van der Waals surface area contributed by atoms with Crippen molar-refractivity contribution in [2.24, 2.45) is 0 Å². The van der Waals surface area contributed by atoms with E-state index in [0.717, 1.165) is 33.0 Å². The third kappa shape index (κ3) is 5.92. The molecule has 2 amide bonds. The van der Waals surface area contributed by atoms with Crippen molar-refractivity contribution in [1.82, 2.24) is 4.90 Å². The molecular weight excluding hydrogens is 514 g/mol. The van der Waals surface area contributed by atoms with Gasteiger partial charge in [0.15, 0.2) is 11.5 Å². The van der Waals surface area contributed by atoms with Gasteiger partial charge in [-0.1, -0.05) is 48.0 Å². The van der Waals surface area contributed by atoms with Gasteiger partial charge in [0.05, 0.1) is 23.1 Å². The molecule has 3 aromatic carbocycles. The zero-order valence-corrected chi connectivity index (χ0v) is 22.2. The topological polar surface area (TPSA) is 82.1 Å². The maximum absolute atomic E-state index is 12.9. The van der Waals surface area contributed by atoms with Crippen LogP contribution in [0.5, 0.6) is 11.5 Å². The maximum Gasteiger partial charge on any atom is 0.329 e. The molecule has 1 fully saturated rings. The SMILES string of the molecule is CCOC(=O)[C@H](C)N1C(=O)S/C(=C/c2cc(Cl)c(OCc3ccc4ccccc4c3)c(OCC)c2)C1=O. The van der Waals surface area contributed by atoms with Gasteiger partial charge >= 0.3 is 5.97 Å². The lowest BCUT2D eigenvalue weighted by atomic mass is 10.1. The van der Waals surface area contributed by atoms with Gasteiger partial charge in [-0.2, -0.15) is 0 Å². The molecule has 1 aliphatic rings. The number of hydrogen-bond donors (Lipinski definition) is 0. The molecule has 0 spiro atoms. The number of amides is 2. The molecule has 7 nitrogen and oxygen atoms in total. The first-order valence-electron chi connectivity index (χ1n) is 11.8. The van der Waals surface area contributed by atoms with E-state index in [1.54, 1.807) is 25.1 Å². The molecule has 0 radical (unpaired) electrons. The predicted octanol–water partition coefficient (Wildman–Crippen LogP) is 6.46. The van der Waals surface area contributed by atoms with Crippen molar-refractivity contribution in [3.8, 4) is 11.5 Å². The summed E-state index contributed by atoms with van der Waals surface area (Å²) in [4.78, 5) is 38.5. The van der Waals surface area contributed by atoms with Crippen molar-refractivity contribution >= 4 is 57.3 Å². The second-order valence-electron chi connectivity index (χ2n) is 8.21. The number of ether oxygens (including phenoxy) is 3. The second-order valence-corrected chi connectivity index (χ2v) is 9.61. The molecule has 0 unspecified atom stereocenters. The van der Waals surface area contributed by atoms with Gasteiger partial charge in [-0.05, 0) is 78.7 Å². The van der Waals surface area contributed by atoms with Crippen LogP contribution in [0, 0.1) is 0 Å². The summed E-state index contributed by atoms with van der Waals surface area (Å²) in [6.07, 6.45) is 1.55. The third-order valence-electron chi connectivity index (χ3n) is 5.67. The fourth-order valence-corrected chi connectivity index (χ4v) is 5.07. The smallest absolute Gasteiger partial charge is 0.329 e. The largest absolute Gasteiger partial charge is 0.490 e. The van der Waals surface area contributed by atoms with Crippen molar-refractivity contribution in [3.05, 3.63) is 75.7 Å². The Bertz CT molecular complexity index is 1390. The minimum atomic E-state index is -1.02. The molecule has 4 rings (SSSR count). The van der Waals surface area contributed by atoms with Crippen LogP contribution in [0.25, 0.3) is 16.8 Å². The van der Waals surface area contributed by atoms with Crippen LogP contribution in [0.2, 0.25) is 5.02 Å². The highest BCUT2D eigenvalue weighted by Crippen LogP contribution is 2.40. The molecule has 0 aliphatic carbocycles. The summed E-state index contributed by atoms with van der Waals surface area (Å²) >= 11 is 7.33. The number of carbonyl (C=O) groups is 3. The minimum absolute atomic E-state index is 0.156. The van der Waals surface area contributed by atoms with E-state index in [0.29, 0.717) is 28.7 Å². The van der Waals surface area contributed by atoms with Crippen molar-refractivity contribution in [2.45, 2.75) is 33.4 Å². The zero-order valence-electron chi connectivity index (χ0n) is 20.7. The average molecular weight is 540 g/mol. The highest BCUT2D eigenvalue weighted by Gasteiger charge is 2.41. The van der Waals surface area contributed by atoms with Gasteiger partial charge in [0.1, 0.15) is 12.6 Å². The van der Waals surface area contributed by atoms with Crippen molar-refractivity contribution < 1.29 is 28.6 Å². The predicted molar refractivity (Wildman–Crippen MR) is 145 cm³/mol. The lowest BCUT2D eigenvalue weighted by molar-refractivity contribution is -0.150. The Morgan fingerprint density at radius 2 is 1.78 bits per heavy atom. The summed E-state index contributed by atoms with van der Waals surface area (Å²) in [5, 5.41) is 2.02. The van der Waals surface area contributed by atoms with E-state index in [4.69, 9.17) is 25.8 Å². The zero-order chi connectivity index (χ0) is 26.5. The molecule has 1 saturated heterocycles. The van der Waals surface area contributed by atoms with Gasteiger partial charge in [0.2, 0.25) is 0 Å². The number of imide groups is 1.